The first-order valence-electron chi connectivity index (χ1n) is 7.97. The first-order valence-corrected chi connectivity index (χ1v) is 7.97. The molecule has 2 aromatic rings. The van der Waals surface area contributed by atoms with Crippen LogP contribution >= 0.6 is 0 Å². The van der Waals surface area contributed by atoms with Crippen molar-refractivity contribution in [2.24, 2.45) is 0 Å². The molecule has 1 aromatic heterocycles. The zero-order chi connectivity index (χ0) is 18.0. The highest BCUT2D eigenvalue weighted by molar-refractivity contribution is 5.93. The van der Waals surface area contributed by atoms with Gasteiger partial charge in [-0.05, 0) is 44.0 Å². The number of aromatic nitrogens is 2. The lowest BCUT2D eigenvalue weighted by Crippen LogP contribution is -2.21. The van der Waals surface area contributed by atoms with Gasteiger partial charge in [-0.2, -0.15) is 5.10 Å². The van der Waals surface area contributed by atoms with Gasteiger partial charge in [0.2, 0.25) is 5.91 Å². The van der Waals surface area contributed by atoms with Crippen molar-refractivity contribution < 1.29 is 23.8 Å². The third-order valence-electron chi connectivity index (χ3n) is 4.00. The van der Waals surface area contributed by atoms with E-state index in [4.69, 9.17) is 9.84 Å². The summed E-state index contributed by atoms with van der Waals surface area (Å²) in [6.07, 6.45) is 1.90. The van der Waals surface area contributed by atoms with E-state index in [-0.39, 0.29) is 36.0 Å². The van der Waals surface area contributed by atoms with Crippen LogP contribution in [-0.2, 0) is 9.53 Å². The van der Waals surface area contributed by atoms with Crippen LogP contribution in [0.1, 0.15) is 36.7 Å². The molecule has 1 saturated heterocycles. The molecule has 132 valence electrons. The molecule has 0 spiro atoms. The van der Waals surface area contributed by atoms with E-state index in [1.807, 2.05) is 6.92 Å². The number of rotatable bonds is 5. The highest BCUT2D eigenvalue weighted by Gasteiger charge is 2.25. The van der Waals surface area contributed by atoms with Crippen LogP contribution in [0.5, 0.6) is 0 Å². The van der Waals surface area contributed by atoms with Crippen molar-refractivity contribution in [1.82, 2.24) is 9.78 Å². The number of aromatic carboxylic acids is 1. The summed E-state index contributed by atoms with van der Waals surface area (Å²) in [7, 11) is 0. The molecule has 1 fully saturated rings. The number of hydrogen-bond donors (Lipinski definition) is 2. The highest BCUT2D eigenvalue weighted by Crippen LogP contribution is 2.23. The number of carbonyl (C=O) groups is 2. The number of carboxylic acids is 1. The minimum atomic E-state index is -1.22. The third-order valence-corrected chi connectivity index (χ3v) is 4.00. The lowest BCUT2D eigenvalue weighted by molar-refractivity contribution is -0.118. The van der Waals surface area contributed by atoms with Gasteiger partial charge in [-0.1, -0.05) is 0 Å². The van der Waals surface area contributed by atoms with Crippen molar-refractivity contribution in [3.05, 3.63) is 41.8 Å². The van der Waals surface area contributed by atoms with Crippen molar-refractivity contribution in [2.45, 2.75) is 38.4 Å². The summed E-state index contributed by atoms with van der Waals surface area (Å²) < 4.78 is 20.0. The summed E-state index contributed by atoms with van der Waals surface area (Å²) in [4.78, 5) is 23.4. The fraction of sp³-hybridized carbons (Fsp3) is 0.353. The lowest BCUT2D eigenvalue weighted by Gasteiger charge is -2.12. The Hall–Kier alpha value is -2.74. The van der Waals surface area contributed by atoms with Gasteiger partial charge in [0.1, 0.15) is 11.6 Å². The van der Waals surface area contributed by atoms with Crippen molar-refractivity contribution in [2.75, 3.05) is 5.32 Å². The topological polar surface area (TPSA) is 93.5 Å². The Labute approximate surface area is 143 Å². The van der Waals surface area contributed by atoms with Gasteiger partial charge in [-0.25, -0.2) is 13.9 Å². The fourth-order valence-electron chi connectivity index (χ4n) is 2.79. The minimum Gasteiger partial charge on any atom is -0.476 e. The van der Waals surface area contributed by atoms with Gasteiger partial charge in [-0.3, -0.25) is 4.79 Å². The van der Waals surface area contributed by atoms with Crippen LogP contribution < -0.4 is 5.32 Å². The van der Waals surface area contributed by atoms with Crippen molar-refractivity contribution in [1.29, 1.82) is 0 Å². The summed E-state index contributed by atoms with van der Waals surface area (Å²) in [6, 6.07) is 6.63. The molecule has 1 aliphatic rings. The van der Waals surface area contributed by atoms with E-state index in [2.05, 4.69) is 10.4 Å². The van der Waals surface area contributed by atoms with Gasteiger partial charge in [-0.15, -0.1) is 0 Å². The Morgan fingerprint density at radius 3 is 2.68 bits per heavy atom. The molecule has 2 heterocycles. The molecule has 1 aromatic carbocycles. The molecule has 0 bridgehead atoms. The molecule has 0 radical (unpaired) electrons. The number of carboxylic acid groups (broad SMARTS) is 1. The largest absolute Gasteiger partial charge is 0.476 e. The molecule has 25 heavy (non-hydrogen) atoms. The first kappa shape index (κ1) is 17.1. The molecule has 7 nitrogen and oxygen atoms in total. The molecular formula is C17H18FN3O4. The predicted molar refractivity (Wildman–Crippen MR) is 87.3 cm³/mol. The number of amides is 1. The van der Waals surface area contributed by atoms with E-state index < -0.39 is 11.8 Å². The molecule has 8 heteroatoms. The number of nitrogens with one attached hydrogen (secondary N) is 1. The number of ether oxygens (including phenoxy) is 1. The van der Waals surface area contributed by atoms with Crippen molar-refractivity contribution >= 4 is 17.7 Å². The molecule has 1 aliphatic heterocycles. The Morgan fingerprint density at radius 1 is 1.36 bits per heavy atom. The van der Waals surface area contributed by atoms with Crippen molar-refractivity contribution in [3.8, 4) is 5.69 Å². The quantitative estimate of drug-likeness (QED) is 0.867. The van der Waals surface area contributed by atoms with Crippen LogP contribution in [0.4, 0.5) is 10.2 Å². The number of anilines is 1. The normalized spacial score (nSPS) is 19.8. The second-order valence-corrected chi connectivity index (χ2v) is 6.01. The summed E-state index contributed by atoms with van der Waals surface area (Å²) in [6.45, 7) is 1.96. The standard InChI is InChI=1S/C17H18FN3O4/c1-10-2-7-13(25-10)8-16(22)19-15-9-14(17(23)24)20-21(15)12-5-3-11(18)4-6-12/h3-6,9-10,13H,2,7-8H2,1H3,(H,19,22)(H,23,24). The van der Waals surface area contributed by atoms with Gasteiger partial charge in [0.25, 0.3) is 0 Å². The smallest absolute Gasteiger partial charge is 0.356 e. The maximum atomic E-state index is 13.1. The van der Waals surface area contributed by atoms with Gasteiger partial charge < -0.3 is 15.2 Å². The Morgan fingerprint density at radius 2 is 2.08 bits per heavy atom. The Bertz CT molecular complexity index is 788. The molecule has 0 saturated carbocycles. The Kier molecular flexibility index (Phi) is 4.80. The maximum Gasteiger partial charge on any atom is 0.356 e. The van der Waals surface area contributed by atoms with Gasteiger partial charge in [0, 0.05) is 6.07 Å². The fourth-order valence-corrected chi connectivity index (χ4v) is 2.79. The third kappa shape index (κ3) is 4.03. The van der Waals surface area contributed by atoms with E-state index >= 15 is 0 Å². The highest BCUT2D eigenvalue weighted by atomic mass is 19.1. The van der Waals surface area contributed by atoms with Crippen molar-refractivity contribution in [3.63, 3.8) is 0 Å². The molecular weight excluding hydrogens is 329 g/mol. The van der Waals surface area contributed by atoms with Crippen LogP contribution in [-0.4, -0.2) is 39.0 Å². The van der Waals surface area contributed by atoms with Crippen LogP contribution in [0.25, 0.3) is 5.69 Å². The van der Waals surface area contributed by atoms with Crippen LogP contribution in [0, 0.1) is 5.82 Å². The number of nitrogens with zero attached hydrogens (tertiary/aromatic N) is 2. The summed E-state index contributed by atoms with van der Waals surface area (Å²) in [5, 5.41) is 15.8. The second-order valence-electron chi connectivity index (χ2n) is 6.01. The van der Waals surface area contributed by atoms with Gasteiger partial charge in [0.05, 0.1) is 24.3 Å². The zero-order valence-electron chi connectivity index (χ0n) is 13.6. The number of hydrogen-bond acceptors (Lipinski definition) is 4. The summed E-state index contributed by atoms with van der Waals surface area (Å²) in [5.41, 5.74) is 0.223. The van der Waals surface area contributed by atoms with Crippen LogP contribution in [0.15, 0.2) is 30.3 Å². The molecule has 1 amide bonds. The first-order chi connectivity index (χ1) is 11.9. The lowest BCUT2D eigenvalue weighted by atomic mass is 10.1. The average Bonchev–Trinajstić information content (AvgIpc) is 3.15. The number of carbonyl (C=O) groups excluding carboxylic acids is 1. The molecule has 0 aliphatic carbocycles. The maximum absolute atomic E-state index is 13.1. The van der Waals surface area contributed by atoms with Gasteiger partial charge >= 0.3 is 5.97 Å². The SMILES string of the molecule is CC1CCC(CC(=O)Nc2cc(C(=O)O)nn2-c2ccc(F)cc2)O1. The second kappa shape index (κ2) is 7.02. The zero-order valence-corrected chi connectivity index (χ0v) is 13.6. The van der Waals surface area contributed by atoms with E-state index in [1.54, 1.807) is 0 Å². The monoisotopic (exact) mass is 347 g/mol. The van der Waals surface area contributed by atoms with E-state index in [9.17, 15) is 14.0 Å². The number of halogens is 1. The molecule has 3 rings (SSSR count). The predicted octanol–water partition coefficient (Wildman–Crippen LogP) is 2.61. The molecule has 2 unspecified atom stereocenters. The summed E-state index contributed by atoms with van der Waals surface area (Å²) >= 11 is 0. The van der Waals surface area contributed by atoms with Gasteiger partial charge in [0.15, 0.2) is 5.69 Å². The molecule has 2 atom stereocenters. The molecule has 2 N–H and O–H groups in total. The van der Waals surface area contributed by atoms with E-state index in [0.717, 1.165) is 12.8 Å². The summed E-state index contributed by atoms with van der Waals surface area (Å²) in [5.74, 6) is -1.73. The van der Waals surface area contributed by atoms with Crippen LogP contribution in [0.2, 0.25) is 0 Å². The number of benzene rings is 1. The Balaban J connectivity index is 1.80. The minimum absolute atomic E-state index is 0.140. The van der Waals surface area contributed by atoms with Crippen LogP contribution in [0.3, 0.4) is 0 Å². The van der Waals surface area contributed by atoms with E-state index in [0.29, 0.717) is 5.69 Å². The average molecular weight is 347 g/mol. The van der Waals surface area contributed by atoms with E-state index in [1.165, 1.54) is 35.0 Å².